The first-order valence-electron chi connectivity index (χ1n) is 9.62. The number of carbonyl (C=O) groups is 2. The number of unbranched alkanes of at least 4 members (excludes halogenated alkanes) is 2. The minimum Gasteiger partial charge on any atom is -0.446 e. The van der Waals surface area contributed by atoms with Crippen LogP contribution in [-0.2, 0) is 20.8 Å². The number of nitrogens with one attached hydrogen (secondary N) is 2. The van der Waals surface area contributed by atoms with Crippen LogP contribution in [-0.4, -0.2) is 44.6 Å². The molecule has 0 aliphatic heterocycles. The van der Waals surface area contributed by atoms with Crippen LogP contribution in [0.5, 0.6) is 0 Å². The van der Waals surface area contributed by atoms with Gasteiger partial charge in [-0.05, 0) is 18.4 Å². The number of amides is 2. The number of hydrogen-bond donors (Lipinski definition) is 2. The van der Waals surface area contributed by atoms with Gasteiger partial charge in [-0.25, -0.2) is 9.59 Å². The lowest BCUT2D eigenvalue weighted by atomic mass is 10.2. The summed E-state index contributed by atoms with van der Waals surface area (Å²) in [5.74, 6) is 0. The molecule has 1 aromatic rings. The van der Waals surface area contributed by atoms with Crippen LogP contribution in [0.1, 0.15) is 45.1 Å². The van der Waals surface area contributed by atoms with Crippen molar-refractivity contribution in [2.24, 2.45) is 0 Å². The minimum absolute atomic E-state index is 0.0616. The van der Waals surface area contributed by atoms with Crippen LogP contribution in [0.3, 0.4) is 0 Å². The summed E-state index contributed by atoms with van der Waals surface area (Å²) < 4.78 is 16.1. The van der Waals surface area contributed by atoms with Crippen LogP contribution in [0, 0.1) is 0 Å². The predicted molar refractivity (Wildman–Crippen MR) is 104 cm³/mol. The van der Waals surface area contributed by atoms with Crippen LogP contribution in [0.2, 0.25) is 0 Å². The second-order valence-electron chi connectivity index (χ2n) is 6.19. The number of alkyl carbamates (subject to hydrolysis) is 2. The Hall–Kier alpha value is -2.28. The lowest BCUT2D eigenvalue weighted by molar-refractivity contribution is -0.0163. The van der Waals surface area contributed by atoms with Crippen molar-refractivity contribution in [3.63, 3.8) is 0 Å². The molecule has 7 nitrogen and oxygen atoms in total. The van der Waals surface area contributed by atoms with E-state index in [1.165, 1.54) is 0 Å². The quantitative estimate of drug-likeness (QED) is 0.511. The number of benzene rings is 1. The van der Waals surface area contributed by atoms with Crippen LogP contribution in [0.15, 0.2) is 30.3 Å². The van der Waals surface area contributed by atoms with Gasteiger partial charge in [0, 0.05) is 13.1 Å². The molecule has 0 radical (unpaired) electrons. The Morgan fingerprint density at radius 3 is 2.19 bits per heavy atom. The molecule has 0 spiro atoms. The van der Waals surface area contributed by atoms with E-state index in [4.69, 9.17) is 14.2 Å². The molecule has 0 heterocycles. The maximum atomic E-state index is 11.9. The molecule has 27 heavy (non-hydrogen) atoms. The monoisotopic (exact) mass is 380 g/mol. The van der Waals surface area contributed by atoms with Gasteiger partial charge in [0.1, 0.15) is 6.61 Å². The van der Waals surface area contributed by atoms with Gasteiger partial charge in [0.15, 0.2) is 6.10 Å². The van der Waals surface area contributed by atoms with Crippen molar-refractivity contribution in [3.05, 3.63) is 35.9 Å². The van der Waals surface area contributed by atoms with Crippen LogP contribution in [0.4, 0.5) is 9.59 Å². The molecule has 152 valence electrons. The molecule has 0 saturated carbocycles. The summed E-state index contributed by atoms with van der Waals surface area (Å²) in [5.41, 5.74) is 1.02. The second-order valence-corrected chi connectivity index (χ2v) is 6.19. The molecule has 1 rings (SSSR count). The van der Waals surface area contributed by atoms with E-state index in [2.05, 4.69) is 10.6 Å². The van der Waals surface area contributed by atoms with Crippen LogP contribution in [0.25, 0.3) is 0 Å². The molecule has 0 aromatic heterocycles. The molecular weight excluding hydrogens is 348 g/mol. The fourth-order valence-corrected chi connectivity index (χ4v) is 2.15. The van der Waals surface area contributed by atoms with Crippen LogP contribution < -0.4 is 10.6 Å². The highest BCUT2D eigenvalue weighted by Crippen LogP contribution is 2.03. The van der Waals surface area contributed by atoms with E-state index in [0.717, 1.165) is 31.2 Å². The molecule has 2 amide bonds. The zero-order valence-corrected chi connectivity index (χ0v) is 16.4. The van der Waals surface area contributed by atoms with Crippen molar-refractivity contribution in [1.29, 1.82) is 0 Å². The number of carbonyl (C=O) groups excluding carboxylic acids is 2. The third kappa shape index (κ3) is 11.9. The van der Waals surface area contributed by atoms with Gasteiger partial charge in [-0.1, -0.05) is 57.0 Å². The van der Waals surface area contributed by atoms with E-state index in [1.54, 1.807) is 0 Å². The summed E-state index contributed by atoms with van der Waals surface area (Å²) in [7, 11) is 0. The highest BCUT2D eigenvalue weighted by molar-refractivity contribution is 5.68. The van der Waals surface area contributed by atoms with Crippen LogP contribution >= 0.6 is 0 Å². The largest absolute Gasteiger partial charge is 0.446 e. The van der Waals surface area contributed by atoms with Gasteiger partial charge in [0.05, 0.1) is 13.2 Å². The first kappa shape index (κ1) is 22.8. The minimum atomic E-state index is -0.674. The van der Waals surface area contributed by atoms with E-state index in [-0.39, 0.29) is 13.2 Å². The summed E-state index contributed by atoms with van der Waals surface area (Å²) in [6.45, 7) is 5.65. The Morgan fingerprint density at radius 1 is 0.926 bits per heavy atom. The summed E-state index contributed by atoms with van der Waals surface area (Å²) in [4.78, 5) is 23.6. The highest BCUT2D eigenvalue weighted by atomic mass is 16.6. The van der Waals surface area contributed by atoms with E-state index >= 15 is 0 Å². The predicted octanol–water partition coefficient (Wildman–Crippen LogP) is 3.62. The van der Waals surface area contributed by atoms with Crippen molar-refractivity contribution < 1.29 is 23.8 Å². The van der Waals surface area contributed by atoms with Crippen molar-refractivity contribution in [1.82, 2.24) is 10.6 Å². The molecule has 0 fully saturated rings. The summed E-state index contributed by atoms with van der Waals surface area (Å²) in [6, 6.07) is 9.69. The topological polar surface area (TPSA) is 85.9 Å². The van der Waals surface area contributed by atoms with E-state index in [1.807, 2.05) is 44.2 Å². The van der Waals surface area contributed by atoms with Crippen molar-refractivity contribution >= 4 is 12.2 Å². The standard InChI is InChI=1S/C20H32N2O5/c1-3-5-12-21-19(23)26-16-18(27-20(24)22-13-6-4-2)15-25-14-17-10-8-7-9-11-17/h7-11,18H,3-6,12-16H2,1-2H3,(H,21,23)(H,22,24). The summed E-state index contributed by atoms with van der Waals surface area (Å²) in [5, 5.41) is 5.34. The van der Waals surface area contributed by atoms with Gasteiger partial charge in [0.2, 0.25) is 0 Å². The summed E-state index contributed by atoms with van der Waals surface area (Å²) in [6.07, 6.45) is 1.99. The number of hydrogen-bond acceptors (Lipinski definition) is 5. The molecule has 7 heteroatoms. The van der Waals surface area contributed by atoms with Gasteiger partial charge < -0.3 is 24.8 Å². The molecule has 0 bridgehead atoms. The van der Waals surface area contributed by atoms with Gasteiger partial charge in [0.25, 0.3) is 0 Å². The average Bonchev–Trinajstić information content (AvgIpc) is 2.67. The molecule has 0 saturated heterocycles. The van der Waals surface area contributed by atoms with Gasteiger partial charge >= 0.3 is 12.2 Å². The molecule has 1 unspecified atom stereocenters. The summed E-state index contributed by atoms with van der Waals surface area (Å²) >= 11 is 0. The van der Waals surface area contributed by atoms with E-state index in [0.29, 0.717) is 19.7 Å². The van der Waals surface area contributed by atoms with Crippen molar-refractivity contribution in [3.8, 4) is 0 Å². The molecule has 0 aliphatic rings. The smallest absolute Gasteiger partial charge is 0.407 e. The maximum absolute atomic E-state index is 11.9. The SMILES string of the molecule is CCCCNC(=O)OCC(COCc1ccccc1)OC(=O)NCCCC. The van der Waals surface area contributed by atoms with Gasteiger partial charge in [-0.15, -0.1) is 0 Å². The number of ether oxygens (including phenoxy) is 3. The van der Waals surface area contributed by atoms with E-state index < -0.39 is 18.3 Å². The highest BCUT2D eigenvalue weighted by Gasteiger charge is 2.17. The normalized spacial score (nSPS) is 11.5. The molecule has 1 aromatic carbocycles. The first-order valence-corrected chi connectivity index (χ1v) is 9.62. The molecule has 2 N–H and O–H groups in total. The Bertz CT molecular complexity index is 524. The van der Waals surface area contributed by atoms with Gasteiger partial charge in [-0.2, -0.15) is 0 Å². The zero-order chi connectivity index (χ0) is 19.7. The van der Waals surface area contributed by atoms with Crippen molar-refractivity contribution in [2.75, 3.05) is 26.3 Å². The maximum Gasteiger partial charge on any atom is 0.407 e. The fraction of sp³-hybridized carbons (Fsp3) is 0.600. The number of rotatable bonds is 13. The Kier molecular flexibility index (Phi) is 12.5. The molecule has 1 atom stereocenters. The molecule has 0 aliphatic carbocycles. The molecular formula is C20H32N2O5. The van der Waals surface area contributed by atoms with Crippen molar-refractivity contribution in [2.45, 2.75) is 52.2 Å². The Morgan fingerprint density at radius 2 is 1.56 bits per heavy atom. The zero-order valence-electron chi connectivity index (χ0n) is 16.4. The third-order valence-electron chi connectivity index (χ3n) is 3.69. The van der Waals surface area contributed by atoms with Gasteiger partial charge in [-0.3, -0.25) is 0 Å². The lowest BCUT2D eigenvalue weighted by Crippen LogP contribution is -2.36. The second kappa shape index (κ2) is 14.8. The van der Waals surface area contributed by atoms with E-state index in [9.17, 15) is 9.59 Å². The fourth-order valence-electron chi connectivity index (χ4n) is 2.15. The Labute approximate surface area is 161 Å². The third-order valence-corrected chi connectivity index (χ3v) is 3.69. The Balaban J connectivity index is 2.41. The lowest BCUT2D eigenvalue weighted by Gasteiger charge is -2.18. The first-order chi connectivity index (χ1) is 13.2. The average molecular weight is 380 g/mol.